The standard InChI is InChI=1S/C18H21F4N5/c1-2-15-25-14(10-5-13(18(20,21)22)17(23)24-6-10)9-27(15)16-11-7-26(4-3-19)8-12(11)16/h5-6,9,11-12,16H,2-4,7-8H2,1H3,(H2,23,24)/t11-,12+,16+. The van der Waals surface area contributed by atoms with Crippen LogP contribution in [0.15, 0.2) is 18.5 Å². The van der Waals surface area contributed by atoms with Gasteiger partial charge in [0.05, 0.1) is 11.3 Å². The second kappa shape index (κ2) is 6.47. The SMILES string of the molecule is CCc1nc(-c2cnc(N)c(C(F)(F)F)c2)cn1[C@H]1[C@@H]2CN(CCF)C[C@@H]21. The van der Waals surface area contributed by atoms with Crippen molar-refractivity contribution in [1.29, 1.82) is 0 Å². The number of hydrogen-bond donors (Lipinski definition) is 1. The van der Waals surface area contributed by atoms with Gasteiger partial charge in [0.2, 0.25) is 0 Å². The molecule has 2 fully saturated rings. The third-order valence-corrected chi connectivity index (χ3v) is 5.59. The molecular weight excluding hydrogens is 362 g/mol. The molecular formula is C18H21F4N5. The molecule has 0 aromatic carbocycles. The van der Waals surface area contributed by atoms with Crippen LogP contribution >= 0.6 is 0 Å². The first-order valence-electron chi connectivity index (χ1n) is 9.02. The number of nitrogen functional groups attached to an aromatic ring is 1. The number of pyridine rings is 1. The summed E-state index contributed by atoms with van der Waals surface area (Å²) in [6.45, 7) is 3.81. The van der Waals surface area contributed by atoms with Crippen LogP contribution in [0.4, 0.5) is 23.4 Å². The molecule has 2 aromatic rings. The van der Waals surface area contributed by atoms with Crippen molar-refractivity contribution in [2.24, 2.45) is 11.8 Å². The predicted molar refractivity (Wildman–Crippen MR) is 92.7 cm³/mol. The minimum atomic E-state index is -4.56. The maximum absolute atomic E-state index is 13.1. The number of likely N-dealkylation sites (tertiary alicyclic amines) is 1. The first-order chi connectivity index (χ1) is 12.8. The summed E-state index contributed by atoms with van der Waals surface area (Å²) in [6, 6.07) is 1.30. The Morgan fingerprint density at radius 2 is 1.96 bits per heavy atom. The number of rotatable bonds is 5. The van der Waals surface area contributed by atoms with Gasteiger partial charge in [0.1, 0.15) is 18.3 Å². The molecule has 1 aliphatic heterocycles. The quantitative estimate of drug-likeness (QED) is 0.806. The van der Waals surface area contributed by atoms with Crippen LogP contribution in [0.1, 0.15) is 24.4 Å². The minimum absolute atomic E-state index is 0.292. The highest BCUT2D eigenvalue weighted by Crippen LogP contribution is 2.55. The van der Waals surface area contributed by atoms with Crippen molar-refractivity contribution in [3.8, 4) is 11.3 Å². The number of anilines is 1. The van der Waals surface area contributed by atoms with Gasteiger partial charge >= 0.3 is 6.18 Å². The molecule has 0 radical (unpaired) electrons. The Morgan fingerprint density at radius 1 is 1.26 bits per heavy atom. The maximum atomic E-state index is 13.1. The van der Waals surface area contributed by atoms with Gasteiger partial charge < -0.3 is 15.2 Å². The number of hydrogen-bond acceptors (Lipinski definition) is 4. The van der Waals surface area contributed by atoms with Gasteiger partial charge in [-0.2, -0.15) is 13.2 Å². The number of alkyl halides is 4. The Labute approximate surface area is 154 Å². The van der Waals surface area contributed by atoms with E-state index in [4.69, 9.17) is 5.73 Å². The van der Waals surface area contributed by atoms with E-state index in [1.54, 1.807) is 0 Å². The van der Waals surface area contributed by atoms with Crippen LogP contribution in [0, 0.1) is 11.8 Å². The lowest BCUT2D eigenvalue weighted by molar-refractivity contribution is -0.137. The predicted octanol–water partition coefficient (Wildman–Crippen LogP) is 3.18. The van der Waals surface area contributed by atoms with Crippen LogP contribution in [-0.2, 0) is 12.6 Å². The molecule has 3 atom stereocenters. The van der Waals surface area contributed by atoms with E-state index in [1.807, 2.05) is 13.1 Å². The molecule has 1 saturated carbocycles. The van der Waals surface area contributed by atoms with E-state index in [9.17, 15) is 17.6 Å². The molecule has 3 heterocycles. The number of imidazole rings is 1. The van der Waals surface area contributed by atoms with Crippen LogP contribution in [-0.4, -0.2) is 45.7 Å². The number of aryl methyl sites for hydroxylation is 1. The summed E-state index contributed by atoms with van der Waals surface area (Å²) < 4.78 is 53.9. The van der Waals surface area contributed by atoms with Crippen LogP contribution in [0.25, 0.3) is 11.3 Å². The number of fused-ring (bicyclic) bond motifs is 1. The number of piperidine rings is 1. The van der Waals surface area contributed by atoms with E-state index >= 15 is 0 Å². The van der Waals surface area contributed by atoms with Crippen molar-refractivity contribution in [2.75, 3.05) is 32.0 Å². The second-order valence-electron chi connectivity index (χ2n) is 7.22. The zero-order valence-electron chi connectivity index (χ0n) is 14.9. The van der Waals surface area contributed by atoms with Gasteiger partial charge in [-0.3, -0.25) is 0 Å². The Balaban J connectivity index is 1.61. The smallest absolute Gasteiger partial charge is 0.383 e. The van der Waals surface area contributed by atoms with E-state index in [-0.39, 0.29) is 6.67 Å². The Hall–Kier alpha value is -2.16. The molecule has 2 aliphatic rings. The van der Waals surface area contributed by atoms with Gasteiger partial charge in [0.15, 0.2) is 0 Å². The Morgan fingerprint density at radius 3 is 2.56 bits per heavy atom. The zero-order valence-corrected chi connectivity index (χ0v) is 14.9. The minimum Gasteiger partial charge on any atom is -0.383 e. The van der Waals surface area contributed by atoms with Gasteiger partial charge in [-0.15, -0.1) is 0 Å². The lowest BCUT2D eigenvalue weighted by Crippen LogP contribution is -2.27. The molecule has 0 unspecified atom stereocenters. The van der Waals surface area contributed by atoms with Crippen molar-refractivity contribution < 1.29 is 17.6 Å². The summed E-state index contributed by atoms with van der Waals surface area (Å²) in [4.78, 5) is 10.4. The van der Waals surface area contributed by atoms with Crippen molar-refractivity contribution >= 4 is 5.82 Å². The lowest BCUT2D eigenvalue weighted by Gasteiger charge is -2.18. The molecule has 2 aromatic heterocycles. The van der Waals surface area contributed by atoms with E-state index in [1.165, 1.54) is 6.20 Å². The fourth-order valence-corrected chi connectivity index (χ4v) is 4.23. The average Bonchev–Trinajstić information content (AvgIpc) is 2.98. The molecule has 5 nitrogen and oxygen atoms in total. The van der Waals surface area contributed by atoms with Gasteiger partial charge in [-0.25, -0.2) is 14.4 Å². The number of nitrogens with zero attached hydrogens (tertiary/aromatic N) is 4. The van der Waals surface area contributed by atoms with Gasteiger partial charge in [-0.1, -0.05) is 6.92 Å². The van der Waals surface area contributed by atoms with Crippen LogP contribution < -0.4 is 5.73 Å². The first-order valence-corrected chi connectivity index (χ1v) is 9.02. The van der Waals surface area contributed by atoms with Crippen molar-refractivity contribution in [1.82, 2.24) is 19.4 Å². The number of halogens is 4. The zero-order chi connectivity index (χ0) is 19.3. The fourth-order valence-electron chi connectivity index (χ4n) is 4.23. The molecule has 0 spiro atoms. The highest BCUT2D eigenvalue weighted by Gasteiger charge is 2.57. The summed E-state index contributed by atoms with van der Waals surface area (Å²) in [5.74, 6) is 1.22. The summed E-state index contributed by atoms with van der Waals surface area (Å²) >= 11 is 0. The molecule has 27 heavy (non-hydrogen) atoms. The molecule has 0 bridgehead atoms. The van der Waals surface area contributed by atoms with E-state index in [2.05, 4.69) is 19.4 Å². The average molecular weight is 383 g/mol. The molecule has 9 heteroatoms. The van der Waals surface area contributed by atoms with Gasteiger partial charge in [0, 0.05) is 50.1 Å². The second-order valence-corrected chi connectivity index (χ2v) is 7.22. The number of aromatic nitrogens is 3. The summed E-state index contributed by atoms with van der Waals surface area (Å²) in [6.07, 6.45) is -0.739. The van der Waals surface area contributed by atoms with E-state index in [0.717, 1.165) is 25.0 Å². The summed E-state index contributed by atoms with van der Waals surface area (Å²) in [5, 5.41) is 0. The van der Waals surface area contributed by atoms with Gasteiger partial charge in [-0.05, 0) is 17.9 Å². The van der Waals surface area contributed by atoms with E-state index < -0.39 is 17.6 Å². The van der Waals surface area contributed by atoms with Crippen LogP contribution in [0.5, 0.6) is 0 Å². The molecule has 1 saturated heterocycles. The molecule has 146 valence electrons. The highest BCUT2D eigenvalue weighted by atomic mass is 19.4. The third-order valence-electron chi connectivity index (χ3n) is 5.59. The van der Waals surface area contributed by atoms with Crippen LogP contribution in [0.2, 0.25) is 0 Å². The fraction of sp³-hybridized carbons (Fsp3) is 0.556. The van der Waals surface area contributed by atoms with Crippen LogP contribution in [0.3, 0.4) is 0 Å². The van der Waals surface area contributed by atoms with Crippen molar-refractivity contribution in [3.63, 3.8) is 0 Å². The normalized spacial score (nSPS) is 25.0. The lowest BCUT2D eigenvalue weighted by atomic mass is 10.1. The number of nitrogens with two attached hydrogens (primary N) is 1. The Kier molecular flexibility index (Phi) is 4.37. The van der Waals surface area contributed by atoms with Gasteiger partial charge in [0.25, 0.3) is 0 Å². The summed E-state index contributed by atoms with van der Waals surface area (Å²) in [5.41, 5.74) is 5.21. The van der Waals surface area contributed by atoms with Crippen molar-refractivity contribution in [3.05, 3.63) is 29.8 Å². The first kappa shape index (κ1) is 18.2. The maximum Gasteiger partial charge on any atom is 0.419 e. The molecule has 0 amide bonds. The monoisotopic (exact) mass is 383 g/mol. The molecule has 4 rings (SSSR count). The Bertz CT molecular complexity index is 835. The molecule has 2 N–H and O–H groups in total. The third kappa shape index (κ3) is 3.18. The highest BCUT2D eigenvalue weighted by molar-refractivity contribution is 5.62. The molecule has 1 aliphatic carbocycles. The van der Waals surface area contributed by atoms with Crippen molar-refractivity contribution in [2.45, 2.75) is 25.6 Å². The summed E-state index contributed by atoms with van der Waals surface area (Å²) in [7, 11) is 0. The topological polar surface area (TPSA) is 60.0 Å². The largest absolute Gasteiger partial charge is 0.419 e. The van der Waals surface area contributed by atoms with E-state index in [0.29, 0.717) is 42.1 Å².